The van der Waals surface area contributed by atoms with Crippen molar-refractivity contribution >= 4 is 29.3 Å². The van der Waals surface area contributed by atoms with E-state index in [1.54, 1.807) is 18.2 Å². The number of hydrogen-bond donors (Lipinski definition) is 0. The van der Waals surface area contributed by atoms with Crippen molar-refractivity contribution in [2.45, 2.75) is 19.8 Å². The molecule has 0 aromatic heterocycles. The van der Waals surface area contributed by atoms with Crippen molar-refractivity contribution in [2.24, 2.45) is 0 Å². The molecule has 0 aliphatic carbocycles. The second-order valence-electron chi connectivity index (χ2n) is 5.61. The van der Waals surface area contributed by atoms with E-state index in [2.05, 4.69) is 0 Å². The van der Waals surface area contributed by atoms with Gasteiger partial charge < -0.3 is 4.90 Å². The Morgan fingerprint density at radius 2 is 1.61 bits per heavy atom. The van der Waals surface area contributed by atoms with E-state index in [1.807, 2.05) is 11.8 Å². The van der Waals surface area contributed by atoms with Crippen molar-refractivity contribution in [3.63, 3.8) is 0 Å². The van der Waals surface area contributed by atoms with Crippen molar-refractivity contribution in [1.82, 2.24) is 9.80 Å². The highest BCUT2D eigenvalue weighted by Gasteiger charge is 2.34. The number of anilines is 1. The summed E-state index contributed by atoms with van der Waals surface area (Å²) in [5, 5.41) is 0. The molecule has 7 nitrogen and oxygen atoms in total. The molecule has 0 N–H and O–H groups in total. The standard InChI is InChI=1S/C16H17N3O4/c1-3-18(9-19-13(20)6-7-14(19)21)10-4-5-11-12(8-10)16(23)17(2)15(11)22/h4-5,8H,3,6-7,9H2,1-2H3. The number of carbonyl (C=O) groups excluding carboxylic acids is 4. The van der Waals surface area contributed by atoms with E-state index in [0.717, 1.165) is 4.90 Å². The van der Waals surface area contributed by atoms with E-state index in [4.69, 9.17) is 0 Å². The molecular formula is C16H17N3O4. The van der Waals surface area contributed by atoms with E-state index < -0.39 is 0 Å². The number of rotatable bonds is 4. The first-order valence-corrected chi connectivity index (χ1v) is 7.48. The van der Waals surface area contributed by atoms with Gasteiger partial charge in [0, 0.05) is 32.1 Å². The lowest BCUT2D eigenvalue weighted by atomic mass is 10.1. The van der Waals surface area contributed by atoms with Crippen LogP contribution in [0, 0.1) is 0 Å². The molecule has 2 aliphatic rings. The maximum Gasteiger partial charge on any atom is 0.261 e. The molecule has 0 atom stereocenters. The molecule has 120 valence electrons. The Hall–Kier alpha value is -2.70. The van der Waals surface area contributed by atoms with Crippen LogP contribution in [0.4, 0.5) is 5.69 Å². The summed E-state index contributed by atoms with van der Waals surface area (Å²) >= 11 is 0. The van der Waals surface area contributed by atoms with E-state index in [-0.39, 0.29) is 43.1 Å². The lowest BCUT2D eigenvalue weighted by Crippen LogP contribution is -2.41. The van der Waals surface area contributed by atoms with Crippen LogP contribution in [0.1, 0.15) is 40.5 Å². The van der Waals surface area contributed by atoms with Crippen molar-refractivity contribution < 1.29 is 19.2 Å². The molecule has 0 unspecified atom stereocenters. The molecule has 0 saturated carbocycles. The van der Waals surface area contributed by atoms with Gasteiger partial charge in [-0.1, -0.05) is 0 Å². The van der Waals surface area contributed by atoms with Gasteiger partial charge in [0.05, 0.1) is 11.1 Å². The number of benzene rings is 1. The predicted molar refractivity (Wildman–Crippen MR) is 81.8 cm³/mol. The zero-order valence-electron chi connectivity index (χ0n) is 13.0. The number of amides is 4. The van der Waals surface area contributed by atoms with Crippen LogP contribution >= 0.6 is 0 Å². The zero-order valence-corrected chi connectivity index (χ0v) is 13.0. The predicted octanol–water partition coefficient (Wildman–Crippen LogP) is 0.845. The number of likely N-dealkylation sites (tertiary alicyclic amines) is 1. The van der Waals surface area contributed by atoms with Crippen molar-refractivity contribution in [1.29, 1.82) is 0 Å². The van der Waals surface area contributed by atoms with Gasteiger partial charge in [0.25, 0.3) is 11.8 Å². The summed E-state index contributed by atoms with van der Waals surface area (Å²) in [6, 6.07) is 5.00. The molecule has 1 aromatic rings. The summed E-state index contributed by atoms with van der Waals surface area (Å²) < 4.78 is 0. The maximum absolute atomic E-state index is 12.1. The molecule has 0 bridgehead atoms. The van der Waals surface area contributed by atoms with Gasteiger partial charge in [-0.05, 0) is 25.1 Å². The third-order valence-electron chi connectivity index (χ3n) is 4.29. The van der Waals surface area contributed by atoms with Crippen LogP contribution in [-0.4, -0.2) is 53.7 Å². The smallest absolute Gasteiger partial charge is 0.261 e. The number of hydrogen-bond acceptors (Lipinski definition) is 5. The van der Waals surface area contributed by atoms with Crippen molar-refractivity contribution in [3.8, 4) is 0 Å². The zero-order chi connectivity index (χ0) is 16.7. The highest BCUT2D eigenvalue weighted by Crippen LogP contribution is 2.27. The molecule has 2 heterocycles. The van der Waals surface area contributed by atoms with Crippen LogP contribution in [0.3, 0.4) is 0 Å². The third-order valence-corrected chi connectivity index (χ3v) is 4.29. The Bertz CT molecular complexity index is 712. The third kappa shape index (κ3) is 2.38. The van der Waals surface area contributed by atoms with Gasteiger partial charge in [0.15, 0.2) is 0 Å². The lowest BCUT2D eigenvalue weighted by molar-refractivity contribution is -0.138. The summed E-state index contributed by atoms with van der Waals surface area (Å²) in [6.45, 7) is 2.62. The average molecular weight is 315 g/mol. The number of fused-ring (bicyclic) bond motifs is 1. The number of nitrogens with zero attached hydrogens (tertiary/aromatic N) is 3. The molecule has 1 aromatic carbocycles. The number of carbonyl (C=O) groups is 4. The Labute approximate surface area is 133 Å². The molecule has 0 spiro atoms. The topological polar surface area (TPSA) is 78.0 Å². The summed E-state index contributed by atoms with van der Waals surface area (Å²) in [6.07, 6.45) is 0.497. The van der Waals surface area contributed by atoms with Crippen LogP contribution in [0.2, 0.25) is 0 Å². The Morgan fingerprint density at radius 1 is 1.00 bits per heavy atom. The molecule has 4 amide bonds. The second kappa shape index (κ2) is 5.49. The highest BCUT2D eigenvalue weighted by atomic mass is 16.2. The first-order chi connectivity index (χ1) is 10.9. The average Bonchev–Trinajstić information content (AvgIpc) is 2.98. The summed E-state index contributed by atoms with van der Waals surface area (Å²) in [4.78, 5) is 51.7. The normalized spacial score (nSPS) is 17.3. The quantitative estimate of drug-likeness (QED) is 0.770. The van der Waals surface area contributed by atoms with Crippen LogP contribution < -0.4 is 4.90 Å². The van der Waals surface area contributed by atoms with Crippen LogP contribution in [0.5, 0.6) is 0 Å². The largest absolute Gasteiger partial charge is 0.354 e. The molecule has 7 heteroatoms. The van der Waals surface area contributed by atoms with E-state index in [9.17, 15) is 19.2 Å². The molecule has 1 saturated heterocycles. The van der Waals surface area contributed by atoms with Gasteiger partial charge in [-0.2, -0.15) is 0 Å². The Balaban J connectivity index is 1.89. The molecule has 2 aliphatic heterocycles. The van der Waals surface area contributed by atoms with Gasteiger partial charge in [-0.15, -0.1) is 0 Å². The lowest BCUT2D eigenvalue weighted by Gasteiger charge is -2.27. The molecule has 0 radical (unpaired) electrons. The molecular weight excluding hydrogens is 298 g/mol. The number of imide groups is 2. The summed E-state index contributed by atoms with van der Waals surface area (Å²) in [7, 11) is 1.45. The van der Waals surface area contributed by atoms with Crippen LogP contribution in [-0.2, 0) is 9.59 Å². The minimum atomic E-state index is -0.337. The second-order valence-corrected chi connectivity index (χ2v) is 5.61. The maximum atomic E-state index is 12.1. The minimum absolute atomic E-state index is 0.158. The fraction of sp³-hybridized carbons (Fsp3) is 0.375. The first-order valence-electron chi connectivity index (χ1n) is 7.48. The molecule has 23 heavy (non-hydrogen) atoms. The minimum Gasteiger partial charge on any atom is -0.354 e. The van der Waals surface area contributed by atoms with Gasteiger partial charge >= 0.3 is 0 Å². The van der Waals surface area contributed by atoms with Gasteiger partial charge in [-0.25, -0.2) is 0 Å². The van der Waals surface area contributed by atoms with E-state index in [1.165, 1.54) is 11.9 Å². The monoisotopic (exact) mass is 315 g/mol. The fourth-order valence-electron chi connectivity index (χ4n) is 2.86. The Morgan fingerprint density at radius 3 is 2.22 bits per heavy atom. The fourth-order valence-corrected chi connectivity index (χ4v) is 2.86. The van der Waals surface area contributed by atoms with Crippen molar-refractivity contribution in [2.75, 3.05) is 25.2 Å². The first kappa shape index (κ1) is 15.2. The Kier molecular flexibility index (Phi) is 3.63. The van der Waals surface area contributed by atoms with Crippen LogP contribution in [0.15, 0.2) is 18.2 Å². The highest BCUT2D eigenvalue weighted by molar-refractivity contribution is 6.21. The molecule has 3 rings (SSSR count). The van der Waals surface area contributed by atoms with Gasteiger partial charge in [-0.3, -0.25) is 29.0 Å². The SMILES string of the molecule is CCN(CN1C(=O)CCC1=O)c1ccc2c(c1)C(=O)N(C)C2=O. The molecule has 1 fully saturated rings. The van der Waals surface area contributed by atoms with E-state index >= 15 is 0 Å². The van der Waals surface area contributed by atoms with Crippen LogP contribution in [0.25, 0.3) is 0 Å². The van der Waals surface area contributed by atoms with Gasteiger partial charge in [0.2, 0.25) is 11.8 Å². The van der Waals surface area contributed by atoms with Crippen molar-refractivity contribution in [3.05, 3.63) is 29.3 Å². The van der Waals surface area contributed by atoms with Gasteiger partial charge in [0.1, 0.15) is 6.67 Å². The summed E-state index contributed by atoms with van der Waals surface area (Å²) in [5.41, 5.74) is 1.44. The van der Waals surface area contributed by atoms with E-state index in [0.29, 0.717) is 23.4 Å². The summed E-state index contributed by atoms with van der Waals surface area (Å²) in [5.74, 6) is -1.01.